The molecule has 0 atom stereocenters. The second-order valence-electron chi connectivity index (χ2n) is 4.37. The first-order chi connectivity index (χ1) is 10.1. The molecular weight excluding hydrogens is 291 g/mol. The molecule has 21 heavy (non-hydrogen) atoms. The lowest BCUT2D eigenvalue weighted by Gasteiger charge is -2.05. The first-order valence-electron chi connectivity index (χ1n) is 6.48. The van der Waals surface area contributed by atoms with Crippen molar-refractivity contribution in [2.24, 2.45) is 5.10 Å². The van der Waals surface area contributed by atoms with Gasteiger partial charge in [-0.2, -0.15) is 5.10 Å². The lowest BCUT2D eigenvalue weighted by molar-refractivity contribution is 0.0955. The van der Waals surface area contributed by atoms with Crippen LogP contribution in [0.4, 0.5) is 4.39 Å². The number of benzene rings is 2. The van der Waals surface area contributed by atoms with Gasteiger partial charge in [0.2, 0.25) is 0 Å². The fraction of sp³-hybridized carbons (Fsp3) is 0.125. The number of amides is 1. The molecule has 108 valence electrons. The monoisotopic (exact) mass is 304 g/mol. The van der Waals surface area contributed by atoms with Gasteiger partial charge in [-0.1, -0.05) is 30.7 Å². The van der Waals surface area contributed by atoms with Crippen molar-refractivity contribution in [3.8, 4) is 0 Å². The molecule has 0 bridgehead atoms. The van der Waals surface area contributed by atoms with Crippen LogP contribution in [-0.2, 0) is 0 Å². The van der Waals surface area contributed by atoms with Gasteiger partial charge in [0.05, 0.1) is 5.71 Å². The molecule has 2 aromatic rings. The van der Waals surface area contributed by atoms with Crippen LogP contribution >= 0.6 is 11.6 Å². The molecule has 1 amide bonds. The van der Waals surface area contributed by atoms with Gasteiger partial charge in [-0.25, -0.2) is 9.82 Å². The van der Waals surface area contributed by atoms with Gasteiger partial charge in [-0.3, -0.25) is 4.79 Å². The molecule has 0 spiro atoms. The van der Waals surface area contributed by atoms with Gasteiger partial charge in [0.1, 0.15) is 5.82 Å². The van der Waals surface area contributed by atoms with Crippen molar-refractivity contribution in [3.63, 3.8) is 0 Å². The van der Waals surface area contributed by atoms with Crippen molar-refractivity contribution in [1.82, 2.24) is 5.43 Å². The Kier molecular flexibility index (Phi) is 5.06. The Morgan fingerprint density at radius 1 is 1.10 bits per heavy atom. The van der Waals surface area contributed by atoms with Crippen LogP contribution in [0.5, 0.6) is 0 Å². The van der Waals surface area contributed by atoms with Crippen molar-refractivity contribution < 1.29 is 9.18 Å². The number of hydrogen-bond acceptors (Lipinski definition) is 2. The largest absolute Gasteiger partial charge is 0.271 e. The number of rotatable bonds is 4. The number of halogens is 2. The summed E-state index contributed by atoms with van der Waals surface area (Å²) in [5.74, 6) is -0.764. The zero-order valence-corrected chi connectivity index (χ0v) is 12.2. The number of carbonyl (C=O) groups is 1. The van der Waals surface area contributed by atoms with Crippen molar-refractivity contribution in [2.75, 3.05) is 0 Å². The van der Waals surface area contributed by atoms with Gasteiger partial charge in [0.15, 0.2) is 0 Å². The second-order valence-corrected chi connectivity index (χ2v) is 4.80. The van der Waals surface area contributed by atoms with E-state index in [9.17, 15) is 9.18 Å². The molecule has 1 N–H and O–H groups in total. The molecule has 0 unspecified atom stereocenters. The lowest BCUT2D eigenvalue weighted by atomic mass is 10.1. The van der Waals surface area contributed by atoms with Crippen LogP contribution in [0, 0.1) is 5.82 Å². The van der Waals surface area contributed by atoms with Crippen molar-refractivity contribution >= 4 is 23.2 Å². The first-order valence-corrected chi connectivity index (χ1v) is 6.86. The average Bonchev–Trinajstić information content (AvgIpc) is 2.50. The minimum Gasteiger partial charge on any atom is -0.267 e. The van der Waals surface area contributed by atoms with E-state index in [1.54, 1.807) is 12.1 Å². The van der Waals surface area contributed by atoms with Crippen molar-refractivity contribution in [3.05, 3.63) is 70.5 Å². The standard InChI is InChI=1S/C16H14ClFN2O/c1-2-15(11-3-7-13(17)8-4-11)19-20-16(21)12-5-9-14(18)10-6-12/h3-10H,2H2,1H3,(H,20,21). The van der Waals surface area contributed by atoms with Gasteiger partial charge in [-0.05, 0) is 48.4 Å². The van der Waals surface area contributed by atoms with E-state index in [1.165, 1.54) is 24.3 Å². The van der Waals surface area contributed by atoms with E-state index in [4.69, 9.17) is 11.6 Å². The van der Waals surface area contributed by atoms with Crippen molar-refractivity contribution in [2.45, 2.75) is 13.3 Å². The molecule has 0 aromatic heterocycles. The number of carbonyl (C=O) groups excluding carboxylic acids is 1. The Morgan fingerprint density at radius 2 is 1.67 bits per heavy atom. The predicted molar refractivity (Wildman–Crippen MR) is 82.1 cm³/mol. The molecular formula is C16H14ClFN2O. The molecule has 0 radical (unpaired) electrons. The molecule has 2 rings (SSSR count). The number of hydrazone groups is 1. The first kappa shape index (κ1) is 15.2. The van der Waals surface area contributed by atoms with E-state index >= 15 is 0 Å². The summed E-state index contributed by atoms with van der Waals surface area (Å²) in [6.07, 6.45) is 0.658. The predicted octanol–water partition coefficient (Wildman–Crippen LogP) is 4.02. The summed E-state index contributed by atoms with van der Waals surface area (Å²) in [6, 6.07) is 12.5. The molecule has 0 saturated heterocycles. The van der Waals surface area contributed by atoms with Crippen molar-refractivity contribution in [1.29, 1.82) is 0 Å². The van der Waals surface area contributed by atoms with Gasteiger partial charge in [0.25, 0.3) is 5.91 Å². The topological polar surface area (TPSA) is 41.5 Å². The van der Waals surface area contributed by atoms with Crippen LogP contribution in [0.25, 0.3) is 0 Å². The lowest BCUT2D eigenvalue weighted by Crippen LogP contribution is -2.20. The summed E-state index contributed by atoms with van der Waals surface area (Å²) in [7, 11) is 0. The van der Waals surface area contributed by atoms with Crippen LogP contribution in [-0.4, -0.2) is 11.6 Å². The van der Waals surface area contributed by atoms with Gasteiger partial charge in [-0.15, -0.1) is 0 Å². The molecule has 5 heteroatoms. The molecule has 2 aromatic carbocycles. The highest BCUT2D eigenvalue weighted by molar-refractivity contribution is 6.30. The smallest absolute Gasteiger partial charge is 0.267 e. The number of hydrogen-bond donors (Lipinski definition) is 1. The summed E-state index contributed by atoms with van der Waals surface area (Å²) < 4.78 is 12.8. The van der Waals surface area contributed by atoms with Crippen LogP contribution in [0.3, 0.4) is 0 Å². The number of nitrogens with zero attached hydrogens (tertiary/aromatic N) is 1. The molecule has 0 saturated carbocycles. The quantitative estimate of drug-likeness (QED) is 0.672. The highest BCUT2D eigenvalue weighted by atomic mass is 35.5. The third-order valence-electron chi connectivity index (χ3n) is 2.91. The molecule has 0 aliphatic carbocycles. The van der Waals surface area contributed by atoms with E-state index in [0.29, 0.717) is 17.0 Å². The molecule has 0 aliphatic rings. The molecule has 0 aliphatic heterocycles. The highest BCUT2D eigenvalue weighted by Crippen LogP contribution is 2.11. The number of nitrogens with one attached hydrogen (secondary N) is 1. The SMILES string of the molecule is CCC(=NNC(=O)c1ccc(F)cc1)c1ccc(Cl)cc1. The van der Waals surface area contributed by atoms with Crippen LogP contribution < -0.4 is 5.43 Å². The van der Waals surface area contributed by atoms with E-state index < -0.39 is 0 Å². The normalized spacial score (nSPS) is 11.3. The van der Waals surface area contributed by atoms with E-state index in [0.717, 1.165) is 11.3 Å². The third-order valence-corrected chi connectivity index (χ3v) is 3.16. The third kappa shape index (κ3) is 4.13. The molecule has 3 nitrogen and oxygen atoms in total. The molecule has 0 fully saturated rings. The van der Waals surface area contributed by atoms with Crippen LogP contribution in [0.1, 0.15) is 29.3 Å². The molecule has 0 heterocycles. The van der Waals surface area contributed by atoms with E-state index in [-0.39, 0.29) is 11.7 Å². The Hall–Kier alpha value is -2.20. The Balaban J connectivity index is 2.12. The maximum atomic E-state index is 12.8. The summed E-state index contributed by atoms with van der Waals surface area (Å²) in [5, 5.41) is 4.76. The minimum absolute atomic E-state index is 0.353. The maximum Gasteiger partial charge on any atom is 0.271 e. The Bertz CT molecular complexity index is 651. The Labute approximate surface area is 127 Å². The summed E-state index contributed by atoms with van der Waals surface area (Å²) in [4.78, 5) is 11.9. The van der Waals surface area contributed by atoms with Gasteiger partial charge in [0, 0.05) is 10.6 Å². The summed E-state index contributed by atoms with van der Waals surface area (Å²) in [5.41, 5.74) is 4.46. The Morgan fingerprint density at radius 3 is 2.24 bits per heavy atom. The second kappa shape index (κ2) is 6.99. The zero-order chi connectivity index (χ0) is 15.2. The summed E-state index contributed by atoms with van der Waals surface area (Å²) in [6.45, 7) is 1.94. The maximum absolute atomic E-state index is 12.8. The minimum atomic E-state index is -0.384. The summed E-state index contributed by atoms with van der Waals surface area (Å²) >= 11 is 5.84. The van der Waals surface area contributed by atoms with Gasteiger partial charge < -0.3 is 0 Å². The average molecular weight is 305 g/mol. The van der Waals surface area contributed by atoms with Gasteiger partial charge >= 0.3 is 0 Å². The zero-order valence-electron chi connectivity index (χ0n) is 11.4. The van der Waals surface area contributed by atoms with Crippen LogP contribution in [0.2, 0.25) is 5.02 Å². The fourth-order valence-corrected chi connectivity index (χ4v) is 1.90. The van der Waals surface area contributed by atoms with E-state index in [1.807, 2.05) is 19.1 Å². The van der Waals surface area contributed by atoms with Crippen LogP contribution in [0.15, 0.2) is 53.6 Å². The van der Waals surface area contributed by atoms with E-state index in [2.05, 4.69) is 10.5 Å². The highest BCUT2D eigenvalue weighted by Gasteiger charge is 2.06. The fourth-order valence-electron chi connectivity index (χ4n) is 1.77.